The molecule has 1 aromatic rings. The largest absolute Gasteiger partial charge is 0.490 e. The van der Waals surface area contributed by atoms with Crippen LogP contribution in [0, 0.1) is 11.3 Å². The molecule has 112 valence electrons. The smallest absolute Gasteiger partial charge is 0.417 e. The minimum atomic E-state index is -4.63. The molecule has 2 N–H and O–H groups in total. The number of nitrogens with one attached hydrogen (secondary N) is 1. The van der Waals surface area contributed by atoms with Crippen molar-refractivity contribution >= 4 is 6.09 Å². The average Bonchev–Trinajstić information content (AvgIpc) is 2.34. The number of nitrogens with zero attached hydrogens (tertiary/aromatic N) is 1. The van der Waals surface area contributed by atoms with E-state index in [1.807, 2.05) is 0 Å². The topological polar surface area (TPSA) is 82.3 Å². The first-order chi connectivity index (χ1) is 9.79. The van der Waals surface area contributed by atoms with Gasteiger partial charge in [-0.1, -0.05) is 0 Å². The van der Waals surface area contributed by atoms with Gasteiger partial charge in [0.15, 0.2) is 0 Å². The Kier molecular flexibility index (Phi) is 3.93. The summed E-state index contributed by atoms with van der Waals surface area (Å²) in [6.45, 7) is 0. The molecule has 0 spiro atoms. The lowest BCUT2D eigenvalue weighted by Gasteiger charge is -2.35. The summed E-state index contributed by atoms with van der Waals surface area (Å²) >= 11 is 0. The van der Waals surface area contributed by atoms with Crippen LogP contribution in [0.15, 0.2) is 18.2 Å². The van der Waals surface area contributed by atoms with Gasteiger partial charge in [0.1, 0.15) is 11.9 Å². The Bertz CT molecular complexity index is 589. The summed E-state index contributed by atoms with van der Waals surface area (Å²) < 4.78 is 43.7. The van der Waals surface area contributed by atoms with E-state index in [2.05, 4.69) is 5.32 Å². The molecule has 0 unspecified atom stereocenters. The van der Waals surface area contributed by atoms with Crippen LogP contribution in [-0.2, 0) is 6.18 Å². The number of halogens is 3. The zero-order valence-electron chi connectivity index (χ0n) is 10.6. The molecule has 0 aliphatic heterocycles. The van der Waals surface area contributed by atoms with E-state index in [1.165, 1.54) is 12.1 Å². The van der Waals surface area contributed by atoms with Crippen molar-refractivity contribution in [2.75, 3.05) is 0 Å². The molecule has 5 nitrogen and oxygen atoms in total. The molecule has 1 fully saturated rings. The summed E-state index contributed by atoms with van der Waals surface area (Å²) in [6, 6.07) is 4.39. The minimum Gasteiger partial charge on any atom is -0.490 e. The first-order valence-electron chi connectivity index (χ1n) is 6.07. The summed E-state index contributed by atoms with van der Waals surface area (Å²) in [6.07, 6.45) is -5.31. The first kappa shape index (κ1) is 15.0. The van der Waals surface area contributed by atoms with Crippen LogP contribution >= 0.6 is 0 Å². The number of ether oxygens (including phenoxy) is 1. The molecule has 0 radical (unpaired) electrons. The highest BCUT2D eigenvalue weighted by atomic mass is 19.4. The van der Waals surface area contributed by atoms with Crippen molar-refractivity contribution < 1.29 is 27.8 Å². The Morgan fingerprint density at radius 3 is 2.62 bits per heavy atom. The predicted octanol–water partition coefficient (Wildman–Crippen LogP) is 2.75. The third kappa shape index (κ3) is 3.56. The fourth-order valence-electron chi connectivity index (χ4n) is 2.08. The molecule has 0 aromatic heterocycles. The van der Waals surface area contributed by atoms with Crippen molar-refractivity contribution in [2.24, 2.45) is 0 Å². The highest BCUT2D eigenvalue weighted by molar-refractivity contribution is 5.65. The lowest BCUT2D eigenvalue weighted by atomic mass is 9.89. The van der Waals surface area contributed by atoms with Crippen LogP contribution in [0.1, 0.15) is 24.0 Å². The molecule has 1 aromatic carbocycles. The number of hydrogen-bond acceptors (Lipinski definition) is 3. The molecule has 1 saturated carbocycles. The molecule has 1 amide bonds. The Morgan fingerprint density at radius 1 is 1.43 bits per heavy atom. The second kappa shape index (κ2) is 5.52. The van der Waals surface area contributed by atoms with E-state index >= 15 is 0 Å². The van der Waals surface area contributed by atoms with Crippen LogP contribution in [0.4, 0.5) is 18.0 Å². The van der Waals surface area contributed by atoms with Crippen molar-refractivity contribution in [1.29, 1.82) is 5.26 Å². The van der Waals surface area contributed by atoms with E-state index in [-0.39, 0.29) is 17.9 Å². The van der Waals surface area contributed by atoms with E-state index in [4.69, 9.17) is 15.1 Å². The molecular formula is C13H11F3N2O3. The third-order valence-corrected chi connectivity index (χ3v) is 3.14. The van der Waals surface area contributed by atoms with Crippen molar-refractivity contribution in [3.63, 3.8) is 0 Å². The van der Waals surface area contributed by atoms with Crippen LogP contribution in [0.3, 0.4) is 0 Å². The predicted molar refractivity (Wildman–Crippen MR) is 64.8 cm³/mol. The number of carbonyl (C=O) groups is 1. The van der Waals surface area contributed by atoms with E-state index < -0.39 is 23.4 Å². The van der Waals surface area contributed by atoms with Crippen LogP contribution in [0.25, 0.3) is 0 Å². The molecule has 0 heterocycles. The molecule has 8 heteroatoms. The van der Waals surface area contributed by atoms with Gasteiger partial charge in [-0.15, -0.1) is 0 Å². The van der Waals surface area contributed by atoms with Gasteiger partial charge < -0.3 is 15.2 Å². The molecule has 0 saturated heterocycles. The normalized spacial score (nSPS) is 21.0. The van der Waals surface area contributed by atoms with Crippen molar-refractivity contribution in [3.05, 3.63) is 29.3 Å². The number of carboxylic acid groups (broad SMARTS) is 1. The Hall–Kier alpha value is -2.43. The molecule has 1 aliphatic carbocycles. The monoisotopic (exact) mass is 300 g/mol. The average molecular weight is 300 g/mol. The van der Waals surface area contributed by atoms with Crippen molar-refractivity contribution in [3.8, 4) is 11.8 Å². The Balaban J connectivity index is 2.03. The van der Waals surface area contributed by atoms with Crippen LogP contribution in [0.2, 0.25) is 0 Å². The summed E-state index contributed by atoms with van der Waals surface area (Å²) in [4.78, 5) is 10.4. The van der Waals surface area contributed by atoms with Gasteiger partial charge >= 0.3 is 12.3 Å². The standard InChI is InChI=1S/C13H11F3N2O3/c14-13(15,16)11-5-9(2-1-7(11)6-17)21-10-3-8(4-10)18-12(19)20/h1-2,5,8,10,18H,3-4H2,(H,19,20)/t8-,10-. The van der Waals surface area contributed by atoms with Gasteiger partial charge in [-0.05, 0) is 18.2 Å². The number of nitriles is 1. The zero-order valence-corrected chi connectivity index (χ0v) is 10.6. The van der Waals surface area contributed by atoms with Crippen molar-refractivity contribution in [2.45, 2.75) is 31.2 Å². The summed E-state index contributed by atoms with van der Waals surface area (Å²) in [5.41, 5.74) is -1.50. The second-order valence-corrected chi connectivity index (χ2v) is 4.67. The number of alkyl halides is 3. The van der Waals surface area contributed by atoms with Gasteiger partial charge in [-0.3, -0.25) is 0 Å². The molecule has 0 atom stereocenters. The maximum absolute atomic E-state index is 12.8. The fourth-order valence-corrected chi connectivity index (χ4v) is 2.08. The Labute approximate surface area is 117 Å². The Morgan fingerprint density at radius 2 is 2.10 bits per heavy atom. The van der Waals surface area contributed by atoms with Crippen LogP contribution in [0.5, 0.6) is 5.75 Å². The van der Waals surface area contributed by atoms with Gasteiger partial charge in [0.25, 0.3) is 0 Å². The van der Waals surface area contributed by atoms with Crippen molar-refractivity contribution in [1.82, 2.24) is 5.32 Å². The highest BCUT2D eigenvalue weighted by Crippen LogP contribution is 2.35. The second-order valence-electron chi connectivity index (χ2n) is 4.67. The summed E-state index contributed by atoms with van der Waals surface area (Å²) in [5, 5.41) is 19.4. The SMILES string of the molecule is N#Cc1ccc(O[C@H]2C[C@H](NC(=O)O)C2)cc1C(F)(F)F. The van der Waals surface area contributed by atoms with E-state index in [1.54, 1.807) is 0 Å². The molecule has 21 heavy (non-hydrogen) atoms. The number of rotatable bonds is 3. The zero-order chi connectivity index (χ0) is 15.6. The van der Waals surface area contributed by atoms with Gasteiger partial charge in [-0.2, -0.15) is 18.4 Å². The fraction of sp³-hybridized carbons (Fsp3) is 0.385. The first-order valence-corrected chi connectivity index (χ1v) is 6.07. The van der Waals surface area contributed by atoms with Gasteiger partial charge in [0.2, 0.25) is 0 Å². The number of amides is 1. The summed E-state index contributed by atoms with van der Waals surface area (Å²) in [7, 11) is 0. The molecule has 0 bridgehead atoms. The quantitative estimate of drug-likeness (QED) is 0.899. The van der Waals surface area contributed by atoms with Gasteiger partial charge in [0, 0.05) is 18.9 Å². The van der Waals surface area contributed by atoms with E-state index in [9.17, 15) is 18.0 Å². The lowest BCUT2D eigenvalue weighted by molar-refractivity contribution is -0.138. The maximum Gasteiger partial charge on any atom is 0.417 e. The molecule has 2 rings (SSSR count). The molecular weight excluding hydrogens is 289 g/mol. The third-order valence-electron chi connectivity index (χ3n) is 3.14. The van der Waals surface area contributed by atoms with E-state index in [0.29, 0.717) is 12.8 Å². The summed E-state index contributed by atoms with van der Waals surface area (Å²) in [5.74, 6) is 0.0140. The maximum atomic E-state index is 12.8. The lowest BCUT2D eigenvalue weighted by Crippen LogP contribution is -2.48. The van der Waals surface area contributed by atoms with Gasteiger partial charge in [-0.25, -0.2) is 4.79 Å². The number of hydrogen-bond donors (Lipinski definition) is 2. The highest BCUT2D eigenvalue weighted by Gasteiger charge is 2.35. The van der Waals surface area contributed by atoms with Gasteiger partial charge in [0.05, 0.1) is 17.2 Å². The van der Waals surface area contributed by atoms with Crippen LogP contribution in [-0.4, -0.2) is 23.3 Å². The molecule has 1 aliphatic rings. The van der Waals surface area contributed by atoms with E-state index in [0.717, 1.165) is 12.1 Å². The van der Waals surface area contributed by atoms with Crippen LogP contribution < -0.4 is 10.1 Å². The number of benzene rings is 1. The minimum absolute atomic E-state index is 0.0140.